The number of aromatic nitrogens is 5. The van der Waals surface area contributed by atoms with Crippen LogP contribution in [0.1, 0.15) is 12.1 Å². The first-order valence-electron chi connectivity index (χ1n) is 10.1. The van der Waals surface area contributed by atoms with Crippen LogP contribution >= 0.6 is 0 Å². The van der Waals surface area contributed by atoms with Gasteiger partial charge in [-0.05, 0) is 18.2 Å². The van der Waals surface area contributed by atoms with Crippen LogP contribution in [0.3, 0.4) is 0 Å². The normalized spacial score (nSPS) is 20.4. The van der Waals surface area contributed by atoms with Crippen LogP contribution in [0, 0.1) is 0 Å². The van der Waals surface area contributed by atoms with Gasteiger partial charge < -0.3 is 14.4 Å². The summed E-state index contributed by atoms with van der Waals surface area (Å²) in [6.07, 6.45) is 4.38. The fraction of sp³-hybridized carbons (Fsp3) is 0.500. The summed E-state index contributed by atoms with van der Waals surface area (Å²) in [5.41, 5.74) is 3.10. The largest absolute Gasteiger partial charge is 0.471 e. The Labute approximate surface area is 169 Å². The van der Waals surface area contributed by atoms with Gasteiger partial charge in [-0.3, -0.25) is 4.90 Å². The van der Waals surface area contributed by atoms with E-state index in [1.54, 1.807) is 11.1 Å². The van der Waals surface area contributed by atoms with Crippen LogP contribution in [0.4, 0.5) is 5.69 Å². The molecule has 5 rings (SSSR count). The monoisotopic (exact) mass is 395 g/mol. The van der Waals surface area contributed by atoms with E-state index in [1.165, 1.54) is 5.69 Å². The van der Waals surface area contributed by atoms with Crippen molar-refractivity contribution < 1.29 is 9.47 Å². The molecule has 2 fully saturated rings. The Bertz CT molecular complexity index is 978. The number of piperazine rings is 1. The van der Waals surface area contributed by atoms with Crippen molar-refractivity contribution in [2.45, 2.75) is 19.1 Å². The number of benzene rings is 1. The highest BCUT2D eigenvalue weighted by molar-refractivity contribution is 5.86. The molecule has 0 radical (unpaired) electrons. The molecule has 0 aliphatic carbocycles. The first kappa shape index (κ1) is 18.3. The summed E-state index contributed by atoms with van der Waals surface area (Å²) in [4.78, 5) is 15.2. The lowest BCUT2D eigenvalue weighted by molar-refractivity contribution is 0.139. The Kier molecular flexibility index (Phi) is 4.99. The van der Waals surface area contributed by atoms with Crippen molar-refractivity contribution >= 4 is 16.6 Å². The second-order valence-electron chi connectivity index (χ2n) is 7.57. The Morgan fingerprint density at radius 2 is 2.07 bits per heavy atom. The standard InChI is InChI=1S/C20H25N7O2/c1-25-23-11-15(24-25)12-26-5-7-27(8-6-26)16-2-3-19-18(10-16)20(22-14-21-19)29-17-4-9-28-13-17/h2-3,10-11,14,17H,4-9,12-13H2,1H3. The smallest absolute Gasteiger partial charge is 0.224 e. The van der Waals surface area contributed by atoms with E-state index in [2.05, 4.69) is 48.2 Å². The van der Waals surface area contributed by atoms with Gasteiger partial charge in [-0.15, -0.1) is 0 Å². The topological polar surface area (TPSA) is 81.4 Å². The third kappa shape index (κ3) is 4.01. The van der Waals surface area contributed by atoms with Gasteiger partial charge in [0, 0.05) is 51.9 Å². The van der Waals surface area contributed by atoms with Crippen LogP contribution < -0.4 is 9.64 Å². The predicted molar refractivity (Wildman–Crippen MR) is 108 cm³/mol. The van der Waals surface area contributed by atoms with Crippen molar-refractivity contribution in [1.29, 1.82) is 0 Å². The second kappa shape index (κ2) is 7.92. The molecule has 9 nitrogen and oxygen atoms in total. The molecule has 2 aliphatic rings. The molecule has 1 aromatic carbocycles. The molecule has 2 aliphatic heterocycles. The zero-order chi connectivity index (χ0) is 19.6. The van der Waals surface area contributed by atoms with Crippen molar-refractivity contribution in [1.82, 2.24) is 29.9 Å². The van der Waals surface area contributed by atoms with Crippen molar-refractivity contribution in [2.24, 2.45) is 7.05 Å². The second-order valence-corrected chi connectivity index (χ2v) is 7.57. The summed E-state index contributed by atoms with van der Waals surface area (Å²) in [5.74, 6) is 0.647. The minimum Gasteiger partial charge on any atom is -0.471 e. The lowest BCUT2D eigenvalue weighted by Crippen LogP contribution is -2.46. The number of hydrogen-bond acceptors (Lipinski definition) is 8. The average Bonchev–Trinajstić information content (AvgIpc) is 3.40. The minimum absolute atomic E-state index is 0.0707. The summed E-state index contributed by atoms with van der Waals surface area (Å²) < 4.78 is 11.5. The summed E-state index contributed by atoms with van der Waals surface area (Å²) >= 11 is 0. The molecule has 29 heavy (non-hydrogen) atoms. The maximum absolute atomic E-state index is 6.10. The number of fused-ring (bicyclic) bond motifs is 1. The van der Waals surface area contributed by atoms with Crippen molar-refractivity contribution in [3.8, 4) is 5.88 Å². The van der Waals surface area contributed by atoms with Gasteiger partial charge in [0.15, 0.2) is 0 Å². The van der Waals surface area contributed by atoms with Crippen LogP contribution in [0.15, 0.2) is 30.7 Å². The zero-order valence-corrected chi connectivity index (χ0v) is 16.6. The number of rotatable bonds is 5. The molecule has 0 bridgehead atoms. The third-order valence-electron chi connectivity index (χ3n) is 5.52. The van der Waals surface area contributed by atoms with E-state index in [-0.39, 0.29) is 6.10 Å². The molecule has 4 heterocycles. The van der Waals surface area contributed by atoms with Crippen LogP contribution in [0.2, 0.25) is 0 Å². The van der Waals surface area contributed by atoms with Crippen molar-refractivity contribution in [3.05, 3.63) is 36.4 Å². The highest BCUT2D eigenvalue weighted by Gasteiger charge is 2.21. The van der Waals surface area contributed by atoms with Gasteiger partial charge in [0.1, 0.15) is 12.4 Å². The van der Waals surface area contributed by atoms with Gasteiger partial charge in [-0.2, -0.15) is 15.0 Å². The van der Waals surface area contributed by atoms with E-state index < -0.39 is 0 Å². The lowest BCUT2D eigenvalue weighted by atomic mass is 10.2. The minimum atomic E-state index is 0.0707. The molecule has 1 unspecified atom stereocenters. The molecule has 2 saturated heterocycles. The van der Waals surface area contributed by atoms with E-state index in [0.717, 1.165) is 62.3 Å². The molecule has 1 atom stereocenters. The van der Waals surface area contributed by atoms with E-state index in [4.69, 9.17) is 9.47 Å². The summed E-state index contributed by atoms with van der Waals surface area (Å²) in [6.45, 7) is 6.12. The van der Waals surface area contributed by atoms with Gasteiger partial charge in [0.2, 0.25) is 5.88 Å². The van der Waals surface area contributed by atoms with Crippen LogP contribution in [0.5, 0.6) is 5.88 Å². The zero-order valence-electron chi connectivity index (χ0n) is 16.6. The Morgan fingerprint density at radius 1 is 1.17 bits per heavy atom. The van der Waals surface area contributed by atoms with E-state index >= 15 is 0 Å². The SMILES string of the molecule is Cn1ncc(CN2CCN(c3ccc4ncnc(OC5CCOC5)c4c3)CC2)n1. The van der Waals surface area contributed by atoms with E-state index in [1.807, 2.05) is 13.2 Å². The number of ether oxygens (including phenoxy) is 2. The maximum Gasteiger partial charge on any atom is 0.224 e. The highest BCUT2D eigenvalue weighted by Crippen LogP contribution is 2.29. The fourth-order valence-electron chi connectivity index (χ4n) is 3.93. The van der Waals surface area contributed by atoms with E-state index in [9.17, 15) is 0 Å². The number of nitrogens with zero attached hydrogens (tertiary/aromatic N) is 7. The number of hydrogen-bond donors (Lipinski definition) is 0. The molecule has 0 saturated carbocycles. The van der Waals surface area contributed by atoms with Crippen molar-refractivity contribution in [3.63, 3.8) is 0 Å². The van der Waals surface area contributed by atoms with Crippen LogP contribution in [-0.4, -0.2) is 75.4 Å². The molecular formula is C20H25N7O2. The summed E-state index contributed by atoms with van der Waals surface area (Å²) in [6, 6.07) is 6.34. The fourth-order valence-corrected chi connectivity index (χ4v) is 3.93. The molecule has 0 amide bonds. The van der Waals surface area contributed by atoms with Gasteiger partial charge >= 0.3 is 0 Å². The third-order valence-corrected chi connectivity index (χ3v) is 5.52. The Morgan fingerprint density at radius 3 is 2.83 bits per heavy atom. The van der Waals surface area contributed by atoms with Gasteiger partial charge in [-0.25, -0.2) is 9.97 Å². The lowest BCUT2D eigenvalue weighted by Gasteiger charge is -2.35. The molecule has 0 N–H and O–H groups in total. The average molecular weight is 395 g/mol. The first-order valence-corrected chi connectivity index (χ1v) is 10.1. The predicted octanol–water partition coefficient (Wildman–Crippen LogP) is 1.25. The Hall–Kier alpha value is -2.78. The van der Waals surface area contributed by atoms with Gasteiger partial charge in [-0.1, -0.05) is 0 Å². The van der Waals surface area contributed by atoms with E-state index in [0.29, 0.717) is 12.5 Å². The summed E-state index contributed by atoms with van der Waals surface area (Å²) in [5, 5.41) is 9.49. The molecule has 0 spiro atoms. The molecular weight excluding hydrogens is 370 g/mol. The van der Waals surface area contributed by atoms with Gasteiger partial charge in [0.25, 0.3) is 0 Å². The summed E-state index contributed by atoms with van der Waals surface area (Å²) in [7, 11) is 1.85. The molecule has 3 aromatic rings. The van der Waals surface area contributed by atoms with Gasteiger partial charge in [0.05, 0.1) is 36.0 Å². The molecule has 2 aromatic heterocycles. The number of anilines is 1. The highest BCUT2D eigenvalue weighted by atomic mass is 16.5. The first-order chi connectivity index (χ1) is 14.2. The Balaban J connectivity index is 1.29. The molecule has 9 heteroatoms. The van der Waals surface area contributed by atoms with Crippen LogP contribution in [0.25, 0.3) is 10.9 Å². The quantitative estimate of drug-likeness (QED) is 0.639. The maximum atomic E-state index is 6.10. The van der Waals surface area contributed by atoms with Crippen LogP contribution in [-0.2, 0) is 18.3 Å². The molecule has 152 valence electrons. The number of aryl methyl sites for hydroxylation is 1. The van der Waals surface area contributed by atoms with Crippen molar-refractivity contribution in [2.75, 3.05) is 44.3 Å².